The van der Waals surface area contributed by atoms with Gasteiger partial charge in [-0.3, -0.25) is 9.59 Å². The second-order valence-electron chi connectivity index (χ2n) is 6.82. The van der Waals surface area contributed by atoms with Crippen LogP contribution in [0, 0.1) is 11.7 Å². The van der Waals surface area contributed by atoms with E-state index >= 15 is 0 Å². The number of hydrogen-bond donors (Lipinski definition) is 3. The highest BCUT2D eigenvalue weighted by Crippen LogP contribution is 2.24. The molecule has 0 radical (unpaired) electrons. The van der Waals surface area contributed by atoms with Crippen molar-refractivity contribution in [1.29, 1.82) is 0 Å². The molecule has 2 aromatic carbocycles. The number of carbonyl (C=O) groups excluding carboxylic acids is 2. The summed E-state index contributed by atoms with van der Waals surface area (Å²) in [5.41, 5.74) is 2.76. The number of halogens is 1. The number of hydrogen-bond acceptors (Lipinski definition) is 4. The topological polar surface area (TPSA) is 86.9 Å². The van der Waals surface area contributed by atoms with E-state index in [1.54, 1.807) is 37.3 Å². The molecule has 2 atom stereocenters. The summed E-state index contributed by atoms with van der Waals surface area (Å²) in [4.78, 5) is 31.5. The fraction of sp³-hybridized carbons (Fsp3) is 0.250. The van der Waals surface area contributed by atoms with Crippen LogP contribution in [0.4, 0.5) is 10.1 Å². The number of anilines is 1. The van der Waals surface area contributed by atoms with Gasteiger partial charge in [-0.1, -0.05) is 12.1 Å². The highest BCUT2D eigenvalue weighted by Gasteiger charge is 2.31. The van der Waals surface area contributed by atoms with Crippen LogP contribution in [0.25, 0.3) is 22.4 Å². The van der Waals surface area contributed by atoms with E-state index in [1.807, 2.05) is 0 Å². The summed E-state index contributed by atoms with van der Waals surface area (Å²) < 4.78 is 13.4. The van der Waals surface area contributed by atoms with E-state index in [0.717, 1.165) is 11.0 Å². The van der Waals surface area contributed by atoms with Crippen molar-refractivity contribution in [2.24, 2.45) is 5.92 Å². The van der Waals surface area contributed by atoms with Gasteiger partial charge >= 0.3 is 0 Å². The lowest BCUT2D eigenvalue weighted by atomic mass is 10.0. The van der Waals surface area contributed by atoms with E-state index in [9.17, 15) is 14.0 Å². The third-order valence-electron chi connectivity index (χ3n) is 4.87. The Morgan fingerprint density at radius 2 is 2.07 bits per heavy atom. The maximum absolute atomic E-state index is 13.4. The smallest absolute Gasteiger partial charge is 0.241 e. The summed E-state index contributed by atoms with van der Waals surface area (Å²) >= 11 is 0. The van der Waals surface area contributed by atoms with Gasteiger partial charge in [0.25, 0.3) is 0 Å². The molecule has 6 nitrogen and oxygen atoms in total. The number of nitrogens with one attached hydrogen (secondary N) is 3. The molecule has 1 aliphatic rings. The van der Waals surface area contributed by atoms with Crippen LogP contribution in [0.3, 0.4) is 0 Å². The van der Waals surface area contributed by atoms with E-state index in [-0.39, 0.29) is 29.5 Å². The highest BCUT2D eigenvalue weighted by atomic mass is 19.1. The Kier molecular flexibility index (Phi) is 4.45. The number of Topliss-reactive ketones (excluding diaryl/α,β-unsaturated/α-hetero) is 1. The molecule has 3 aromatic rings. The lowest BCUT2D eigenvalue weighted by Gasteiger charge is -2.11. The molecule has 0 spiro atoms. The van der Waals surface area contributed by atoms with Gasteiger partial charge in [0.1, 0.15) is 17.4 Å². The van der Waals surface area contributed by atoms with Crippen LogP contribution in [0.1, 0.15) is 13.3 Å². The van der Waals surface area contributed by atoms with Gasteiger partial charge in [0.15, 0.2) is 0 Å². The molecule has 2 heterocycles. The van der Waals surface area contributed by atoms with Crippen molar-refractivity contribution in [3.8, 4) is 11.4 Å². The Labute approximate surface area is 155 Å². The molecular formula is C20H19FN4O2. The quantitative estimate of drug-likeness (QED) is 0.663. The van der Waals surface area contributed by atoms with Gasteiger partial charge in [-0.2, -0.15) is 0 Å². The van der Waals surface area contributed by atoms with E-state index in [1.165, 1.54) is 12.1 Å². The van der Waals surface area contributed by atoms with Gasteiger partial charge in [0, 0.05) is 23.7 Å². The fourth-order valence-corrected chi connectivity index (χ4v) is 3.33. The van der Waals surface area contributed by atoms with Gasteiger partial charge in [0.2, 0.25) is 5.91 Å². The Bertz CT molecular complexity index is 1030. The van der Waals surface area contributed by atoms with Crippen LogP contribution in [-0.2, 0) is 9.59 Å². The molecule has 0 saturated carbocycles. The van der Waals surface area contributed by atoms with Gasteiger partial charge in [-0.15, -0.1) is 0 Å². The summed E-state index contributed by atoms with van der Waals surface area (Å²) in [6.45, 7) is 2.08. The molecule has 3 N–H and O–H groups in total. The largest absolute Gasteiger partial charge is 0.338 e. The molecular weight excluding hydrogens is 347 g/mol. The monoisotopic (exact) mass is 366 g/mol. The SMILES string of the molecule is CC(=O)C1CNC(C(=O)Nc2ccc3nc(-c4cccc(F)c4)[nH]c3c2)C1. The third-order valence-corrected chi connectivity index (χ3v) is 4.87. The Hall–Kier alpha value is -3.06. The summed E-state index contributed by atoms with van der Waals surface area (Å²) in [5.74, 6) is 0.0674. The Morgan fingerprint density at radius 1 is 1.22 bits per heavy atom. The normalized spacial score (nSPS) is 19.3. The Morgan fingerprint density at radius 3 is 2.81 bits per heavy atom. The number of nitrogens with zero attached hydrogens (tertiary/aromatic N) is 1. The van der Waals surface area contributed by atoms with E-state index in [4.69, 9.17) is 0 Å². The summed E-state index contributed by atoms with van der Waals surface area (Å²) in [5, 5.41) is 5.96. The molecule has 1 fully saturated rings. The van der Waals surface area contributed by atoms with Crippen LogP contribution in [0.5, 0.6) is 0 Å². The second kappa shape index (κ2) is 6.92. The van der Waals surface area contributed by atoms with E-state index < -0.39 is 0 Å². The minimum absolute atomic E-state index is 0.0987. The number of rotatable bonds is 4. The lowest BCUT2D eigenvalue weighted by molar-refractivity contribution is -0.120. The van der Waals surface area contributed by atoms with E-state index in [2.05, 4.69) is 20.6 Å². The first-order chi connectivity index (χ1) is 13.0. The van der Waals surface area contributed by atoms with Crippen LogP contribution in [0.2, 0.25) is 0 Å². The van der Waals surface area contributed by atoms with Gasteiger partial charge < -0.3 is 15.6 Å². The standard InChI is InChI=1S/C20H19FN4O2/c1-11(26)13-8-18(22-10-13)20(27)23-15-5-6-16-17(9-15)25-19(24-16)12-3-2-4-14(21)7-12/h2-7,9,13,18,22H,8,10H2,1H3,(H,23,27)(H,24,25). The average Bonchev–Trinajstić information content (AvgIpc) is 3.28. The average molecular weight is 366 g/mol. The zero-order valence-electron chi connectivity index (χ0n) is 14.8. The van der Waals surface area contributed by atoms with Crippen LogP contribution in [-0.4, -0.2) is 34.2 Å². The number of ketones is 1. The minimum atomic E-state index is -0.376. The van der Waals surface area contributed by atoms with Gasteiger partial charge in [-0.25, -0.2) is 9.37 Å². The first-order valence-corrected chi connectivity index (χ1v) is 8.80. The van der Waals surface area contributed by atoms with Crippen molar-refractivity contribution in [3.05, 3.63) is 48.3 Å². The van der Waals surface area contributed by atoms with Crippen molar-refractivity contribution in [3.63, 3.8) is 0 Å². The zero-order valence-corrected chi connectivity index (χ0v) is 14.8. The number of benzene rings is 2. The Balaban J connectivity index is 1.52. The number of amides is 1. The summed E-state index contributed by atoms with van der Waals surface area (Å²) in [7, 11) is 0. The maximum Gasteiger partial charge on any atom is 0.241 e. The van der Waals surface area contributed by atoms with Crippen molar-refractivity contribution >= 4 is 28.4 Å². The number of imidazole rings is 1. The molecule has 1 amide bonds. The third kappa shape index (κ3) is 3.59. The molecule has 1 aromatic heterocycles. The van der Waals surface area contributed by atoms with Crippen LogP contribution >= 0.6 is 0 Å². The number of aromatic amines is 1. The van der Waals surface area contributed by atoms with Crippen LogP contribution in [0.15, 0.2) is 42.5 Å². The van der Waals surface area contributed by atoms with Crippen molar-refractivity contribution in [2.45, 2.75) is 19.4 Å². The van der Waals surface area contributed by atoms with Crippen molar-refractivity contribution in [2.75, 3.05) is 11.9 Å². The van der Waals surface area contributed by atoms with Crippen molar-refractivity contribution in [1.82, 2.24) is 15.3 Å². The lowest BCUT2D eigenvalue weighted by Crippen LogP contribution is -2.35. The number of H-pyrrole nitrogens is 1. The fourth-order valence-electron chi connectivity index (χ4n) is 3.33. The number of fused-ring (bicyclic) bond motifs is 1. The first-order valence-electron chi connectivity index (χ1n) is 8.80. The number of carbonyl (C=O) groups is 2. The molecule has 2 unspecified atom stereocenters. The maximum atomic E-state index is 13.4. The first kappa shape index (κ1) is 17.4. The predicted molar refractivity (Wildman–Crippen MR) is 101 cm³/mol. The molecule has 138 valence electrons. The molecule has 27 heavy (non-hydrogen) atoms. The predicted octanol–water partition coefficient (Wildman–Crippen LogP) is 2.87. The summed E-state index contributed by atoms with van der Waals surface area (Å²) in [6, 6.07) is 11.2. The number of aromatic nitrogens is 2. The molecule has 7 heteroatoms. The minimum Gasteiger partial charge on any atom is -0.338 e. The van der Waals surface area contributed by atoms with Gasteiger partial charge in [0.05, 0.1) is 17.1 Å². The second-order valence-corrected chi connectivity index (χ2v) is 6.82. The molecule has 0 bridgehead atoms. The molecule has 1 saturated heterocycles. The van der Waals surface area contributed by atoms with Crippen molar-refractivity contribution < 1.29 is 14.0 Å². The van der Waals surface area contributed by atoms with E-state index in [0.29, 0.717) is 30.0 Å². The zero-order chi connectivity index (χ0) is 19.0. The molecule has 1 aliphatic heterocycles. The van der Waals surface area contributed by atoms with Gasteiger partial charge in [-0.05, 0) is 43.7 Å². The molecule has 4 rings (SSSR count). The van der Waals surface area contributed by atoms with Crippen LogP contribution < -0.4 is 10.6 Å². The highest BCUT2D eigenvalue weighted by molar-refractivity contribution is 5.97. The summed E-state index contributed by atoms with van der Waals surface area (Å²) in [6.07, 6.45) is 0.511. The molecule has 0 aliphatic carbocycles.